The number of carbonyl (C=O) groups excluding carboxylic acids is 5. The Morgan fingerprint density at radius 1 is 0.476 bits per heavy atom. The minimum Gasteiger partial charge on any atom is -0.479 e. The SMILES string of the molecule is CC(C)CCCC(C)(C)C(=O)OCC(C)(COC(=O)C(C)(C)CC(C)(C)C)COC(C(=O)O)C(OC(=O)C(C)(COC(=O)CC(C)(C)C)COC(=O)C(C)(C)CC(C)(C)C)C(=O)O. The lowest BCUT2D eigenvalue weighted by molar-refractivity contribution is -0.198. The van der Waals surface area contributed by atoms with Gasteiger partial charge in [-0.05, 0) is 89.9 Å². The second-order valence-corrected chi connectivity index (χ2v) is 24.1. The highest BCUT2D eigenvalue weighted by Crippen LogP contribution is 2.37. The lowest BCUT2D eigenvalue weighted by atomic mass is 9.76. The molecule has 0 aliphatic heterocycles. The van der Waals surface area contributed by atoms with Crippen LogP contribution in [0.1, 0.15) is 170 Å². The van der Waals surface area contributed by atoms with Crippen molar-refractivity contribution >= 4 is 41.8 Å². The maximum Gasteiger partial charge on any atom is 0.348 e. The summed E-state index contributed by atoms with van der Waals surface area (Å²) < 4.78 is 33.7. The average molecular weight is 901 g/mol. The Hall–Kier alpha value is -3.75. The standard InChI is InChI=1S/C48H84O15/c1-31(2)21-20-22-44(12,13)37(54)60-27-47(18,28-61-38(55)45(14,15)24-42(6,7)8)26-59-33(35(50)51)34(36(52)53)63-40(57)48(19,29-58-32(49)23-41(3,4)5)30-62-39(56)46(16,17)25-43(9,10)11/h31,33-34H,20-30H2,1-19H3,(H,50,51)(H,52,53). The van der Waals surface area contributed by atoms with Crippen LogP contribution in [0.2, 0.25) is 0 Å². The lowest BCUT2D eigenvalue weighted by Gasteiger charge is -2.35. The van der Waals surface area contributed by atoms with E-state index in [4.69, 9.17) is 28.4 Å². The molecule has 0 bridgehead atoms. The Balaban J connectivity index is 6.79. The molecule has 0 saturated carbocycles. The second kappa shape index (κ2) is 22.9. The zero-order valence-electron chi connectivity index (χ0n) is 42.2. The molecule has 15 heteroatoms. The summed E-state index contributed by atoms with van der Waals surface area (Å²) in [7, 11) is 0. The number of hydrogen-bond acceptors (Lipinski definition) is 13. The molecule has 0 aromatic carbocycles. The van der Waals surface area contributed by atoms with Gasteiger partial charge < -0.3 is 38.6 Å². The van der Waals surface area contributed by atoms with Gasteiger partial charge in [0.15, 0.2) is 0 Å². The lowest BCUT2D eigenvalue weighted by Crippen LogP contribution is -2.50. The number of carbonyl (C=O) groups is 7. The third kappa shape index (κ3) is 22.6. The molecule has 0 heterocycles. The van der Waals surface area contributed by atoms with Crippen molar-refractivity contribution in [2.45, 2.75) is 182 Å². The maximum absolute atomic E-state index is 14.0. The van der Waals surface area contributed by atoms with Crippen LogP contribution < -0.4 is 0 Å². The summed E-state index contributed by atoms with van der Waals surface area (Å²) >= 11 is 0. The van der Waals surface area contributed by atoms with E-state index >= 15 is 0 Å². The van der Waals surface area contributed by atoms with Crippen LogP contribution in [0.4, 0.5) is 0 Å². The number of carboxylic acid groups (broad SMARTS) is 2. The van der Waals surface area contributed by atoms with Crippen LogP contribution in [-0.2, 0) is 62.0 Å². The fourth-order valence-electron chi connectivity index (χ4n) is 7.23. The smallest absolute Gasteiger partial charge is 0.348 e. The molecular formula is C48H84O15. The summed E-state index contributed by atoms with van der Waals surface area (Å²) in [6.45, 7) is 31.5. The number of esters is 5. The van der Waals surface area contributed by atoms with Gasteiger partial charge in [-0.15, -0.1) is 0 Å². The van der Waals surface area contributed by atoms with Crippen molar-refractivity contribution in [1.29, 1.82) is 0 Å². The third-order valence-corrected chi connectivity index (χ3v) is 10.1. The Bertz CT molecular complexity index is 1570. The molecule has 63 heavy (non-hydrogen) atoms. The van der Waals surface area contributed by atoms with Gasteiger partial charge in [-0.2, -0.15) is 0 Å². The summed E-state index contributed by atoms with van der Waals surface area (Å²) in [5, 5.41) is 20.7. The first kappa shape index (κ1) is 59.2. The molecule has 0 fully saturated rings. The third-order valence-electron chi connectivity index (χ3n) is 10.1. The van der Waals surface area contributed by atoms with Crippen LogP contribution in [-0.4, -0.2) is 97.2 Å². The summed E-state index contributed by atoms with van der Waals surface area (Å²) in [6, 6.07) is 0. The van der Waals surface area contributed by atoms with E-state index in [-0.39, 0.29) is 17.3 Å². The fraction of sp³-hybridized carbons (Fsp3) is 0.854. The van der Waals surface area contributed by atoms with E-state index in [1.54, 1.807) is 62.3 Å². The fourth-order valence-corrected chi connectivity index (χ4v) is 7.23. The molecule has 0 aromatic heterocycles. The Morgan fingerprint density at radius 3 is 1.25 bits per heavy atom. The Kier molecular flexibility index (Phi) is 21.6. The zero-order valence-corrected chi connectivity index (χ0v) is 42.2. The molecule has 0 radical (unpaired) electrons. The summed E-state index contributed by atoms with van der Waals surface area (Å²) in [6.07, 6.45) is -1.81. The van der Waals surface area contributed by atoms with Gasteiger partial charge in [-0.3, -0.25) is 24.0 Å². The first-order valence-corrected chi connectivity index (χ1v) is 22.0. The largest absolute Gasteiger partial charge is 0.479 e. The van der Waals surface area contributed by atoms with Crippen molar-refractivity contribution in [3.63, 3.8) is 0 Å². The zero-order chi connectivity index (χ0) is 49.8. The van der Waals surface area contributed by atoms with Gasteiger partial charge in [0.1, 0.15) is 31.8 Å². The quantitative estimate of drug-likeness (QED) is 0.0612. The molecule has 0 saturated heterocycles. The topological polar surface area (TPSA) is 215 Å². The van der Waals surface area contributed by atoms with Crippen LogP contribution >= 0.6 is 0 Å². The van der Waals surface area contributed by atoms with E-state index in [2.05, 4.69) is 13.8 Å². The van der Waals surface area contributed by atoms with Gasteiger partial charge in [0, 0.05) is 0 Å². The summed E-state index contributed by atoms with van der Waals surface area (Å²) in [5.74, 6) is -7.11. The molecule has 0 aliphatic rings. The van der Waals surface area contributed by atoms with Crippen molar-refractivity contribution in [2.75, 3.05) is 33.0 Å². The van der Waals surface area contributed by atoms with Crippen molar-refractivity contribution in [3.05, 3.63) is 0 Å². The monoisotopic (exact) mass is 901 g/mol. The van der Waals surface area contributed by atoms with Crippen molar-refractivity contribution < 1.29 is 72.2 Å². The van der Waals surface area contributed by atoms with Gasteiger partial charge in [-0.1, -0.05) is 95.9 Å². The van der Waals surface area contributed by atoms with Crippen molar-refractivity contribution in [3.8, 4) is 0 Å². The number of ether oxygens (including phenoxy) is 6. The number of hydrogen-bond donors (Lipinski definition) is 2. The molecule has 15 nitrogen and oxygen atoms in total. The van der Waals surface area contributed by atoms with Crippen LogP contribution in [0.15, 0.2) is 0 Å². The first-order chi connectivity index (χ1) is 28.1. The van der Waals surface area contributed by atoms with E-state index in [0.29, 0.717) is 25.2 Å². The van der Waals surface area contributed by atoms with E-state index in [0.717, 1.165) is 12.8 Å². The van der Waals surface area contributed by atoms with Gasteiger partial charge in [0.05, 0.1) is 34.7 Å². The van der Waals surface area contributed by atoms with Crippen LogP contribution in [0.3, 0.4) is 0 Å². The van der Waals surface area contributed by atoms with E-state index in [9.17, 15) is 43.8 Å². The molecule has 2 N–H and O–H groups in total. The molecule has 366 valence electrons. The predicted molar refractivity (Wildman–Crippen MR) is 237 cm³/mol. The van der Waals surface area contributed by atoms with E-state index in [1.165, 1.54) is 13.8 Å². The van der Waals surface area contributed by atoms with Gasteiger partial charge in [-0.25, -0.2) is 9.59 Å². The van der Waals surface area contributed by atoms with Gasteiger partial charge in [0.2, 0.25) is 12.2 Å². The van der Waals surface area contributed by atoms with Crippen molar-refractivity contribution in [2.24, 2.45) is 49.2 Å². The van der Waals surface area contributed by atoms with Crippen LogP contribution in [0.5, 0.6) is 0 Å². The molecule has 0 amide bonds. The van der Waals surface area contributed by atoms with Gasteiger partial charge >= 0.3 is 41.8 Å². The Labute approximate surface area is 377 Å². The number of rotatable bonds is 26. The van der Waals surface area contributed by atoms with Crippen LogP contribution in [0, 0.1) is 49.2 Å². The maximum atomic E-state index is 14.0. The summed E-state index contributed by atoms with van der Waals surface area (Å²) in [5.41, 5.74) is -7.28. The minimum absolute atomic E-state index is 0.0453. The number of aliphatic carboxylic acids is 2. The van der Waals surface area contributed by atoms with Crippen LogP contribution in [0.25, 0.3) is 0 Å². The molecule has 0 rings (SSSR count). The minimum atomic E-state index is -2.48. The highest BCUT2D eigenvalue weighted by Gasteiger charge is 2.47. The first-order valence-electron chi connectivity index (χ1n) is 22.0. The second-order valence-electron chi connectivity index (χ2n) is 24.1. The van der Waals surface area contributed by atoms with E-state index in [1.807, 2.05) is 41.5 Å². The average Bonchev–Trinajstić information content (AvgIpc) is 3.07. The molecule has 0 aliphatic carbocycles. The summed E-state index contributed by atoms with van der Waals surface area (Å²) in [4.78, 5) is 92.5. The van der Waals surface area contributed by atoms with Gasteiger partial charge in [0.25, 0.3) is 0 Å². The molecule has 0 aromatic rings. The molecule has 4 atom stereocenters. The number of carboxylic acids is 2. The van der Waals surface area contributed by atoms with E-state index < -0.39 is 120 Å². The highest BCUT2D eigenvalue weighted by atomic mass is 16.6. The predicted octanol–water partition coefficient (Wildman–Crippen LogP) is 8.85. The highest BCUT2D eigenvalue weighted by molar-refractivity contribution is 5.87. The molecule has 4 unspecified atom stereocenters. The molecular weight excluding hydrogens is 817 g/mol. The Morgan fingerprint density at radius 2 is 0.873 bits per heavy atom. The molecule has 0 spiro atoms. The van der Waals surface area contributed by atoms with Crippen molar-refractivity contribution in [1.82, 2.24) is 0 Å². The normalized spacial score (nSPS) is 15.9.